The van der Waals surface area contributed by atoms with Gasteiger partial charge in [0, 0.05) is 37.8 Å². The van der Waals surface area contributed by atoms with Crippen LogP contribution < -0.4 is 5.32 Å². The third kappa shape index (κ3) is 3.17. The average Bonchev–Trinajstić information content (AvgIpc) is 2.58. The number of rotatable bonds is 4. The van der Waals surface area contributed by atoms with E-state index < -0.39 is 11.7 Å². The van der Waals surface area contributed by atoms with Crippen molar-refractivity contribution in [2.75, 3.05) is 31.5 Å². The smallest absolute Gasteiger partial charge is 0.248 e. The molecule has 0 spiro atoms. The third-order valence-corrected chi connectivity index (χ3v) is 6.07. The zero-order valence-electron chi connectivity index (χ0n) is 15.0. The number of hydrogen-bond acceptors (Lipinski definition) is 3. The predicted octanol–water partition coefficient (Wildman–Crippen LogP) is 2.44. The molecule has 3 aliphatic rings. The van der Waals surface area contributed by atoms with E-state index in [1.807, 2.05) is 40.1 Å². The topological polar surface area (TPSA) is 52.7 Å². The van der Waals surface area contributed by atoms with E-state index in [1.54, 1.807) is 0 Å². The van der Waals surface area contributed by atoms with Crippen LogP contribution in [0, 0.1) is 5.92 Å². The molecule has 2 aliphatic heterocycles. The summed E-state index contributed by atoms with van der Waals surface area (Å²) in [6, 6.07) is 9.80. The highest BCUT2D eigenvalue weighted by Crippen LogP contribution is 2.35. The molecule has 1 N–H and O–H groups in total. The zero-order chi connectivity index (χ0) is 18.1. The number of nitrogens with zero attached hydrogens (tertiary/aromatic N) is 2. The Morgan fingerprint density at radius 3 is 2.19 bits per heavy atom. The molecule has 26 heavy (non-hydrogen) atoms. The van der Waals surface area contributed by atoms with Crippen LogP contribution in [0.4, 0.5) is 10.1 Å². The standard InChI is InChI=1S/C20H26FN3O2/c21-16-13-15(14-16)18(25)23-11-7-20(8-12-23,19(26)24-9-4-10-24)22-17-5-2-1-3-6-17/h1-3,5-6,15-16,22H,4,7-14H2. The van der Waals surface area contributed by atoms with Gasteiger partial charge in [0.05, 0.1) is 0 Å². The fourth-order valence-corrected chi connectivity index (χ4v) is 4.13. The van der Waals surface area contributed by atoms with Gasteiger partial charge in [-0.25, -0.2) is 4.39 Å². The Kier molecular flexibility index (Phi) is 4.59. The lowest BCUT2D eigenvalue weighted by Gasteiger charge is -2.47. The van der Waals surface area contributed by atoms with Crippen molar-refractivity contribution in [1.82, 2.24) is 9.80 Å². The molecule has 0 aromatic heterocycles. The number of halogens is 1. The van der Waals surface area contributed by atoms with Crippen LogP contribution in [-0.4, -0.2) is 59.5 Å². The van der Waals surface area contributed by atoms with Crippen molar-refractivity contribution < 1.29 is 14.0 Å². The Morgan fingerprint density at radius 1 is 1.00 bits per heavy atom. The summed E-state index contributed by atoms with van der Waals surface area (Å²) >= 11 is 0. The zero-order valence-corrected chi connectivity index (χ0v) is 15.0. The summed E-state index contributed by atoms with van der Waals surface area (Å²) in [4.78, 5) is 29.4. The van der Waals surface area contributed by atoms with Crippen molar-refractivity contribution in [2.45, 2.75) is 43.8 Å². The second-order valence-corrected chi connectivity index (χ2v) is 7.81. The first-order valence-corrected chi connectivity index (χ1v) is 9.63. The maximum Gasteiger partial charge on any atom is 0.248 e. The van der Waals surface area contributed by atoms with Crippen LogP contribution in [0.15, 0.2) is 30.3 Å². The van der Waals surface area contributed by atoms with E-state index in [0.717, 1.165) is 25.2 Å². The van der Waals surface area contributed by atoms with Gasteiger partial charge in [-0.05, 0) is 44.2 Å². The summed E-state index contributed by atoms with van der Waals surface area (Å²) in [7, 11) is 0. The summed E-state index contributed by atoms with van der Waals surface area (Å²) in [5.74, 6) is 0.0430. The summed E-state index contributed by atoms with van der Waals surface area (Å²) < 4.78 is 13.1. The first-order chi connectivity index (χ1) is 12.6. The van der Waals surface area contributed by atoms with Gasteiger partial charge in [-0.15, -0.1) is 0 Å². The monoisotopic (exact) mass is 359 g/mol. The van der Waals surface area contributed by atoms with Gasteiger partial charge in [0.2, 0.25) is 11.8 Å². The molecule has 0 atom stereocenters. The molecule has 0 radical (unpaired) electrons. The van der Waals surface area contributed by atoms with Gasteiger partial charge in [0.25, 0.3) is 0 Å². The Bertz CT molecular complexity index is 663. The van der Waals surface area contributed by atoms with Crippen molar-refractivity contribution in [3.63, 3.8) is 0 Å². The van der Waals surface area contributed by atoms with Crippen LogP contribution in [0.3, 0.4) is 0 Å². The minimum atomic E-state index is -0.819. The van der Waals surface area contributed by atoms with Gasteiger partial charge in [-0.2, -0.15) is 0 Å². The van der Waals surface area contributed by atoms with Crippen molar-refractivity contribution in [3.05, 3.63) is 30.3 Å². The summed E-state index contributed by atoms with van der Waals surface area (Å²) in [5.41, 5.74) is 0.279. The van der Waals surface area contributed by atoms with Crippen molar-refractivity contribution in [1.29, 1.82) is 0 Å². The molecular weight excluding hydrogens is 333 g/mol. The van der Waals surface area contributed by atoms with E-state index in [-0.39, 0.29) is 17.7 Å². The van der Waals surface area contributed by atoms with E-state index >= 15 is 0 Å². The maximum atomic E-state index is 13.1. The van der Waals surface area contributed by atoms with E-state index in [9.17, 15) is 14.0 Å². The summed E-state index contributed by atoms with van der Waals surface area (Å²) in [5, 5.41) is 3.48. The van der Waals surface area contributed by atoms with Crippen LogP contribution >= 0.6 is 0 Å². The van der Waals surface area contributed by atoms with E-state index in [1.165, 1.54) is 0 Å². The number of amides is 2. The van der Waals surface area contributed by atoms with Gasteiger partial charge in [0.1, 0.15) is 11.7 Å². The van der Waals surface area contributed by atoms with Crippen LogP contribution in [0.5, 0.6) is 0 Å². The van der Waals surface area contributed by atoms with Gasteiger partial charge < -0.3 is 15.1 Å². The molecule has 3 fully saturated rings. The van der Waals surface area contributed by atoms with E-state index in [0.29, 0.717) is 38.8 Å². The van der Waals surface area contributed by atoms with Crippen LogP contribution in [0.1, 0.15) is 32.1 Å². The van der Waals surface area contributed by atoms with Crippen LogP contribution in [0.25, 0.3) is 0 Å². The fraction of sp³-hybridized carbons (Fsp3) is 0.600. The van der Waals surface area contributed by atoms with Crippen LogP contribution in [-0.2, 0) is 9.59 Å². The number of piperidine rings is 1. The molecule has 0 unspecified atom stereocenters. The number of hydrogen-bond donors (Lipinski definition) is 1. The molecule has 1 aliphatic carbocycles. The number of likely N-dealkylation sites (tertiary alicyclic amines) is 2. The molecule has 2 heterocycles. The molecule has 1 aromatic carbocycles. The molecular formula is C20H26FN3O2. The van der Waals surface area contributed by atoms with Crippen molar-refractivity contribution in [2.24, 2.45) is 5.92 Å². The molecule has 6 heteroatoms. The number of nitrogens with one attached hydrogen (secondary N) is 1. The first-order valence-electron chi connectivity index (χ1n) is 9.63. The lowest BCUT2D eigenvalue weighted by molar-refractivity contribution is -0.147. The molecule has 2 amide bonds. The SMILES string of the molecule is O=C(C1CC(F)C1)N1CCC(Nc2ccccc2)(C(=O)N2CCC2)CC1. The molecule has 5 nitrogen and oxygen atoms in total. The second kappa shape index (κ2) is 6.89. The minimum absolute atomic E-state index is 0.0589. The number of benzene rings is 1. The highest BCUT2D eigenvalue weighted by atomic mass is 19.1. The number of carbonyl (C=O) groups is 2. The largest absolute Gasteiger partial charge is 0.371 e. The highest BCUT2D eigenvalue weighted by Gasteiger charge is 2.47. The van der Waals surface area contributed by atoms with E-state index in [2.05, 4.69) is 5.32 Å². The molecule has 4 rings (SSSR count). The Labute approximate surface area is 153 Å². The Morgan fingerprint density at radius 2 is 1.65 bits per heavy atom. The number of para-hydroxylation sites is 1. The molecule has 1 aromatic rings. The number of carbonyl (C=O) groups excluding carboxylic acids is 2. The lowest BCUT2D eigenvalue weighted by atomic mass is 9.80. The van der Waals surface area contributed by atoms with Gasteiger partial charge in [-0.3, -0.25) is 9.59 Å². The summed E-state index contributed by atoms with van der Waals surface area (Å²) in [6.07, 6.45) is 2.14. The summed E-state index contributed by atoms with van der Waals surface area (Å²) in [6.45, 7) is 2.73. The fourth-order valence-electron chi connectivity index (χ4n) is 4.13. The first kappa shape index (κ1) is 17.3. The van der Waals surface area contributed by atoms with Crippen LogP contribution in [0.2, 0.25) is 0 Å². The average molecular weight is 359 g/mol. The predicted molar refractivity (Wildman–Crippen MR) is 97.4 cm³/mol. The Hall–Kier alpha value is -2.11. The quantitative estimate of drug-likeness (QED) is 0.898. The maximum absolute atomic E-state index is 13.1. The Balaban J connectivity index is 1.46. The molecule has 140 valence electrons. The molecule has 2 saturated heterocycles. The second-order valence-electron chi connectivity index (χ2n) is 7.81. The van der Waals surface area contributed by atoms with Gasteiger partial charge in [-0.1, -0.05) is 18.2 Å². The minimum Gasteiger partial charge on any atom is -0.371 e. The molecule has 0 bridgehead atoms. The number of alkyl halides is 1. The van der Waals surface area contributed by atoms with Crippen molar-refractivity contribution in [3.8, 4) is 0 Å². The van der Waals surface area contributed by atoms with Crippen molar-refractivity contribution >= 4 is 17.5 Å². The number of anilines is 1. The van der Waals surface area contributed by atoms with Gasteiger partial charge >= 0.3 is 0 Å². The molecule has 1 saturated carbocycles. The lowest BCUT2D eigenvalue weighted by Crippen LogP contribution is -2.62. The normalized spacial score (nSPS) is 27.3. The van der Waals surface area contributed by atoms with E-state index in [4.69, 9.17) is 0 Å². The third-order valence-electron chi connectivity index (χ3n) is 6.07. The highest BCUT2D eigenvalue weighted by molar-refractivity contribution is 5.90. The van der Waals surface area contributed by atoms with Gasteiger partial charge in [0.15, 0.2) is 0 Å².